The van der Waals surface area contributed by atoms with Gasteiger partial charge in [0, 0.05) is 5.56 Å². The molecule has 0 radical (unpaired) electrons. The number of benzene rings is 2. The van der Waals surface area contributed by atoms with Crippen molar-refractivity contribution < 1.29 is 0 Å². The van der Waals surface area contributed by atoms with Crippen molar-refractivity contribution in [2.45, 2.75) is 6.54 Å². The molecule has 0 saturated heterocycles. The van der Waals surface area contributed by atoms with Gasteiger partial charge in [-0.15, -0.1) is 0 Å². The maximum atomic E-state index is 4.47. The van der Waals surface area contributed by atoms with E-state index in [1.165, 1.54) is 5.56 Å². The largest absolute Gasteiger partial charge is 0.261 e. The minimum Gasteiger partial charge on any atom is -0.261 e. The van der Waals surface area contributed by atoms with Gasteiger partial charge in [0.2, 0.25) is 0 Å². The molecule has 0 aliphatic heterocycles. The number of nitrogens with zero attached hydrogens (tertiary/aromatic N) is 2. The molecule has 0 amide bonds. The second kappa shape index (κ2) is 5.75. The number of hydrogen-bond donors (Lipinski definition) is 0. The molecule has 17 heavy (non-hydrogen) atoms. The standard InChI is InChI=1S/C15H14N2/c1-16-15(14-10-6-3-7-11-14)17-12-13-8-4-2-5-9-13/h2-11H,1,12H2. The van der Waals surface area contributed by atoms with Gasteiger partial charge in [0.15, 0.2) is 5.84 Å². The monoisotopic (exact) mass is 222 g/mol. The third-order valence-electron chi connectivity index (χ3n) is 2.44. The van der Waals surface area contributed by atoms with Crippen LogP contribution in [0.2, 0.25) is 0 Å². The molecule has 0 aromatic heterocycles. The first kappa shape index (κ1) is 11.3. The summed E-state index contributed by atoms with van der Waals surface area (Å²) in [5, 5.41) is 0. The van der Waals surface area contributed by atoms with Gasteiger partial charge in [-0.3, -0.25) is 4.99 Å². The smallest absolute Gasteiger partial charge is 0.154 e. The molecule has 0 spiro atoms. The fourth-order valence-corrected chi connectivity index (χ4v) is 1.57. The zero-order valence-electron chi connectivity index (χ0n) is 9.58. The molecule has 0 saturated carbocycles. The van der Waals surface area contributed by atoms with Crippen LogP contribution in [-0.2, 0) is 6.54 Å². The molecule has 0 atom stereocenters. The van der Waals surface area contributed by atoms with E-state index in [0.29, 0.717) is 12.4 Å². The molecule has 0 bridgehead atoms. The average molecular weight is 222 g/mol. The zero-order chi connectivity index (χ0) is 11.9. The SMILES string of the molecule is C=NC(=NCc1ccccc1)c1ccccc1. The topological polar surface area (TPSA) is 24.7 Å². The fourth-order valence-electron chi connectivity index (χ4n) is 1.57. The van der Waals surface area contributed by atoms with Gasteiger partial charge in [-0.05, 0) is 12.3 Å². The molecular weight excluding hydrogens is 208 g/mol. The Balaban J connectivity index is 2.17. The van der Waals surface area contributed by atoms with E-state index in [2.05, 4.69) is 28.8 Å². The van der Waals surface area contributed by atoms with Gasteiger partial charge in [-0.1, -0.05) is 60.7 Å². The van der Waals surface area contributed by atoms with E-state index >= 15 is 0 Å². The van der Waals surface area contributed by atoms with E-state index < -0.39 is 0 Å². The molecule has 0 heterocycles. The van der Waals surface area contributed by atoms with E-state index in [-0.39, 0.29) is 0 Å². The highest BCUT2D eigenvalue weighted by molar-refractivity contribution is 6.01. The third-order valence-corrected chi connectivity index (χ3v) is 2.44. The number of hydrogen-bond acceptors (Lipinski definition) is 1. The van der Waals surface area contributed by atoms with Crippen LogP contribution in [0.5, 0.6) is 0 Å². The maximum Gasteiger partial charge on any atom is 0.154 e. The molecule has 0 aliphatic carbocycles. The second-order valence-corrected chi connectivity index (χ2v) is 3.65. The van der Waals surface area contributed by atoms with Gasteiger partial charge in [-0.2, -0.15) is 0 Å². The minimum atomic E-state index is 0.629. The van der Waals surface area contributed by atoms with Crippen molar-refractivity contribution in [2.75, 3.05) is 0 Å². The Bertz CT molecular complexity index is 501. The molecule has 2 nitrogen and oxygen atoms in total. The summed E-state index contributed by atoms with van der Waals surface area (Å²) in [7, 11) is 0. The Hall–Kier alpha value is -2.22. The molecule has 2 aromatic rings. The van der Waals surface area contributed by atoms with E-state index in [0.717, 1.165) is 5.56 Å². The summed E-state index contributed by atoms with van der Waals surface area (Å²) in [5.74, 6) is 0.689. The van der Waals surface area contributed by atoms with Crippen LogP contribution in [0.1, 0.15) is 11.1 Å². The van der Waals surface area contributed by atoms with Gasteiger partial charge in [0.1, 0.15) is 0 Å². The van der Waals surface area contributed by atoms with Gasteiger partial charge >= 0.3 is 0 Å². The molecule has 0 aliphatic rings. The first-order valence-electron chi connectivity index (χ1n) is 5.50. The maximum absolute atomic E-state index is 4.47. The Labute approximate surface area is 101 Å². The van der Waals surface area contributed by atoms with E-state index in [4.69, 9.17) is 0 Å². The summed E-state index contributed by atoms with van der Waals surface area (Å²) in [5.41, 5.74) is 2.17. The van der Waals surface area contributed by atoms with Gasteiger partial charge in [0.25, 0.3) is 0 Å². The van der Waals surface area contributed by atoms with E-state index in [1.807, 2.05) is 48.5 Å². The fraction of sp³-hybridized carbons (Fsp3) is 0.0667. The van der Waals surface area contributed by atoms with Crippen LogP contribution >= 0.6 is 0 Å². The van der Waals surface area contributed by atoms with Gasteiger partial charge < -0.3 is 0 Å². The van der Waals surface area contributed by atoms with Crippen molar-refractivity contribution in [1.82, 2.24) is 0 Å². The van der Waals surface area contributed by atoms with Crippen LogP contribution in [0.25, 0.3) is 0 Å². The number of rotatable bonds is 3. The van der Waals surface area contributed by atoms with Gasteiger partial charge in [-0.25, -0.2) is 4.99 Å². The zero-order valence-corrected chi connectivity index (χ0v) is 9.58. The van der Waals surface area contributed by atoms with Crippen molar-refractivity contribution >= 4 is 12.6 Å². The Kier molecular flexibility index (Phi) is 3.81. The van der Waals surface area contributed by atoms with Crippen LogP contribution in [0.4, 0.5) is 0 Å². The lowest BCUT2D eigenvalue weighted by Crippen LogP contribution is -1.97. The molecule has 2 rings (SSSR count). The van der Waals surface area contributed by atoms with Crippen LogP contribution in [0.15, 0.2) is 70.6 Å². The Morgan fingerprint density at radius 3 is 2.06 bits per heavy atom. The van der Waals surface area contributed by atoms with Crippen molar-refractivity contribution in [3.63, 3.8) is 0 Å². The van der Waals surface area contributed by atoms with E-state index in [1.54, 1.807) is 0 Å². The van der Waals surface area contributed by atoms with Crippen molar-refractivity contribution in [3.05, 3.63) is 71.8 Å². The third kappa shape index (κ3) is 3.11. The highest BCUT2D eigenvalue weighted by Crippen LogP contribution is 2.05. The first-order valence-corrected chi connectivity index (χ1v) is 5.50. The predicted octanol–water partition coefficient (Wildman–Crippen LogP) is 3.33. The minimum absolute atomic E-state index is 0.629. The summed E-state index contributed by atoms with van der Waals surface area (Å²) in [6.45, 7) is 4.20. The summed E-state index contributed by atoms with van der Waals surface area (Å²) in [6, 6.07) is 20.0. The van der Waals surface area contributed by atoms with Crippen molar-refractivity contribution in [3.8, 4) is 0 Å². The molecular formula is C15H14N2. The van der Waals surface area contributed by atoms with Crippen molar-refractivity contribution in [1.29, 1.82) is 0 Å². The van der Waals surface area contributed by atoms with E-state index in [9.17, 15) is 0 Å². The molecule has 0 unspecified atom stereocenters. The lowest BCUT2D eigenvalue weighted by molar-refractivity contribution is 1.06. The number of amidine groups is 1. The highest BCUT2D eigenvalue weighted by atomic mass is 14.9. The summed E-state index contributed by atoms with van der Waals surface area (Å²) in [6.07, 6.45) is 0. The first-order chi connectivity index (χ1) is 8.40. The Morgan fingerprint density at radius 2 is 1.47 bits per heavy atom. The number of aliphatic imine (C=N–C) groups is 2. The second-order valence-electron chi connectivity index (χ2n) is 3.65. The lowest BCUT2D eigenvalue weighted by atomic mass is 10.2. The summed E-state index contributed by atoms with van der Waals surface area (Å²) < 4.78 is 0. The molecule has 2 heteroatoms. The Morgan fingerprint density at radius 1 is 0.882 bits per heavy atom. The van der Waals surface area contributed by atoms with Gasteiger partial charge in [0.05, 0.1) is 6.54 Å². The van der Waals surface area contributed by atoms with Crippen LogP contribution in [-0.4, -0.2) is 12.6 Å². The molecule has 0 N–H and O–H groups in total. The normalized spacial score (nSPS) is 11.2. The van der Waals surface area contributed by atoms with Crippen LogP contribution in [0.3, 0.4) is 0 Å². The highest BCUT2D eigenvalue weighted by Gasteiger charge is 1.98. The summed E-state index contributed by atoms with van der Waals surface area (Å²) in [4.78, 5) is 8.44. The van der Waals surface area contributed by atoms with Crippen LogP contribution in [0, 0.1) is 0 Å². The molecule has 84 valence electrons. The lowest BCUT2D eigenvalue weighted by Gasteiger charge is -2.01. The quantitative estimate of drug-likeness (QED) is 0.562. The predicted molar refractivity (Wildman–Crippen MR) is 72.7 cm³/mol. The average Bonchev–Trinajstić information content (AvgIpc) is 2.42. The molecule has 2 aromatic carbocycles. The van der Waals surface area contributed by atoms with Crippen molar-refractivity contribution in [2.24, 2.45) is 9.98 Å². The summed E-state index contributed by atoms with van der Waals surface area (Å²) >= 11 is 0. The van der Waals surface area contributed by atoms with Crippen LogP contribution < -0.4 is 0 Å². The molecule has 0 fully saturated rings.